The molecule has 62 valence electrons. The Labute approximate surface area is 68.8 Å². The Morgan fingerprint density at radius 1 is 1.36 bits per heavy atom. The van der Waals surface area contributed by atoms with Gasteiger partial charge < -0.3 is 0 Å². The number of nitrogens with zero attached hydrogens (tertiary/aromatic N) is 2. The molecule has 0 radical (unpaired) electrons. The van der Waals surface area contributed by atoms with Crippen LogP contribution in [0.1, 0.15) is 27.7 Å². The highest BCUT2D eigenvalue weighted by Gasteiger charge is 2.14. The van der Waals surface area contributed by atoms with Gasteiger partial charge in [0.1, 0.15) is 6.34 Å². The van der Waals surface area contributed by atoms with E-state index in [4.69, 9.17) is 0 Å². The number of rotatable bonds is 2. The molecule has 11 heavy (non-hydrogen) atoms. The number of hydrogen-bond acceptors (Lipinski definition) is 1. The summed E-state index contributed by atoms with van der Waals surface area (Å²) >= 11 is 0. The SMILES string of the molecule is C=NC=N/C(=C\C)C(C)(C)C. The summed E-state index contributed by atoms with van der Waals surface area (Å²) in [4.78, 5) is 7.69. The van der Waals surface area contributed by atoms with Crippen LogP contribution in [-0.2, 0) is 0 Å². The van der Waals surface area contributed by atoms with Crippen LogP contribution in [0.3, 0.4) is 0 Å². The lowest BCUT2D eigenvalue weighted by molar-refractivity contribution is 0.498. The van der Waals surface area contributed by atoms with Gasteiger partial charge in [0.25, 0.3) is 0 Å². The van der Waals surface area contributed by atoms with Gasteiger partial charge in [0.15, 0.2) is 0 Å². The Morgan fingerprint density at radius 3 is 2.18 bits per heavy atom. The first kappa shape index (κ1) is 10.1. The smallest absolute Gasteiger partial charge is 0.114 e. The summed E-state index contributed by atoms with van der Waals surface area (Å²) in [5.41, 5.74) is 1.13. The van der Waals surface area contributed by atoms with E-state index in [1.807, 2.05) is 13.0 Å². The Bertz CT molecular complexity index is 182. The molecular weight excluding hydrogens is 136 g/mol. The Kier molecular flexibility index (Phi) is 3.72. The third-order valence-corrected chi connectivity index (χ3v) is 1.32. The second kappa shape index (κ2) is 4.06. The van der Waals surface area contributed by atoms with Crippen molar-refractivity contribution in [2.45, 2.75) is 27.7 Å². The monoisotopic (exact) mass is 152 g/mol. The Hall–Kier alpha value is -0.920. The van der Waals surface area contributed by atoms with Crippen molar-refractivity contribution >= 4 is 13.1 Å². The molecule has 0 unspecified atom stereocenters. The molecule has 0 aliphatic rings. The van der Waals surface area contributed by atoms with E-state index in [9.17, 15) is 0 Å². The highest BCUT2D eigenvalue weighted by Crippen LogP contribution is 2.25. The highest BCUT2D eigenvalue weighted by atomic mass is 14.9. The lowest BCUT2D eigenvalue weighted by Gasteiger charge is -2.17. The second-order valence-electron chi connectivity index (χ2n) is 3.35. The van der Waals surface area contributed by atoms with E-state index in [0.717, 1.165) is 5.70 Å². The van der Waals surface area contributed by atoms with Crippen molar-refractivity contribution in [1.82, 2.24) is 0 Å². The summed E-state index contributed by atoms with van der Waals surface area (Å²) in [7, 11) is 0. The average molecular weight is 152 g/mol. The fraction of sp³-hybridized carbons (Fsp3) is 0.556. The average Bonchev–Trinajstić information content (AvgIpc) is 1.87. The molecule has 0 N–H and O–H groups in total. The maximum absolute atomic E-state index is 4.14. The van der Waals surface area contributed by atoms with Crippen molar-refractivity contribution in [3.05, 3.63) is 11.8 Å². The third kappa shape index (κ3) is 3.71. The maximum Gasteiger partial charge on any atom is 0.114 e. The van der Waals surface area contributed by atoms with Gasteiger partial charge in [-0.3, -0.25) is 4.99 Å². The molecular formula is C9H16N2. The summed E-state index contributed by atoms with van der Waals surface area (Å²) in [6.07, 6.45) is 3.46. The van der Waals surface area contributed by atoms with Crippen LogP contribution < -0.4 is 0 Å². The van der Waals surface area contributed by atoms with Crippen molar-refractivity contribution in [2.75, 3.05) is 0 Å². The lowest BCUT2D eigenvalue weighted by Crippen LogP contribution is -2.07. The van der Waals surface area contributed by atoms with E-state index in [1.54, 1.807) is 0 Å². The van der Waals surface area contributed by atoms with E-state index in [-0.39, 0.29) is 5.41 Å². The molecule has 0 aliphatic carbocycles. The second-order valence-corrected chi connectivity index (χ2v) is 3.35. The van der Waals surface area contributed by atoms with Gasteiger partial charge in [-0.15, -0.1) is 0 Å². The molecule has 0 fully saturated rings. The van der Waals surface area contributed by atoms with Crippen LogP contribution in [0, 0.1) is 5.41 Å². The van der Waals surface area contributed by atoms with Crippen molar-refractivity contribution in [3.8, 4) is 0 Å². The van der Waals surface area contributed by atoms with E-state index in [1.165, 1.54) is 6.34 Å². The zero-order chi connectivity index (χ0) is 8.91. The lowest BCUT2D eigenvalue weighted by atomic mass is 9.92. The molecule has 0 aromatic carbocycles. The van der Waals surface area contributed by atoms with Crippen molar-refractivity contribution in [1.29, 1.82) is 0 Å². The normalized spacial score (nSPS) is 14.0. The fourth-order valence-corrected chi connectivity index (χ4v) is 0.804. The molecule has 0 aromatic rings. The van der Waals surface area contributed by atoms with Gasteiger partial charge in [0.2, 0.25) is 0 Å². The van der Waals surface area contributed by atoms with Gasteiger partial charge in [-0.25, -0.2) is 4.99 Å². The van der Waals surface area contributed by atoms with Gasteiger partial charge in [-0.1, -0.05) is 26.8 Å². The molecule has 0 amide bonds. The number of aliphatic imine (C=N–C) groups is 2. The minimum atomic E-state index is 0.0932. The fourth-order valence-electron chi connectivity index (χ4n) is 0.804. The van der Waals surface area contributed by atoms with Gasteiger partial charge >= 0.3 is 0 Å². The summed E-state index contributed by atoms with van der Waals surface area (Å²) in [5.74, 6) is 0. The summed E-state index contributed by atoms with van der Waals surface area (Å²) < 4.78 is 0. The number of hydrogen-bond donors (Lipinski definition) is 0. The minimum absolute atomic E-state index is 0.0932. The summed E-state index contributed by atoms with van der Waals surface area (Å²) in [6, 6.07) is 0. The standard InChI is InChI=1S/C9H16N2/c1-6-8(9(2,3)4)11-7-10-5/h6-7H,5H2,1-4H3/b8-6-,11-7?. The minimum Gasteiger partial charge on any atom is -0.253 e. The van der Waals surface area contributed by atoms with E-state index < -0.39 is 0 Å². The summed E-state index contributed by atoms with van der Waals surface area (Å²) in [6.45, 7) is 11.6. The molecule has 0 saturated heterocycles. The van der Waals surface area contributed by atoms with Crippen LogP contribution in [0.2, 0.25) is 0 Å². The van der Waals surface area contributed by atoms with Crippen LogP contribution in [0.25, 0.3) is 0 Å². The van der Waals surface area contributed by atoms with Crippen LogP contribution in [0.15, 0.2) is 21.8 Å². The molecule has 0 heterocycles. The first-order chi connectivity index (χ1) is 5.02. The third-order valence-electron chi connectivity index (χ3n) is 1.32. The molecule has 0 aromatic heterocycles. The van der Waals surface area contributed by atoms with Crippen molar-refractivity contribution in [3.63, 3.8) is 0 Å². The molecule has 0 atom stereocenters. The largest absolute Gasteiger partial charge is 0.253 e. The van der Waals surface area contributed by atoms with E-state index >= 15 is 0 Å². The van der Waals surface area contributed by atoms with Crippen LogP contribution in [0.5, 0.6) is 0 Å². The molecule has 0 bridgehead atoms. The Balaban J connectivity index is 4.45. The Morgan fingerprint density at radius 2 is 1.91 bits per heavy atom. The van der Waals surface area contributed by atoms with Crippen LogP contribution >= 0.6 is 0 Å². The quantitative estimate of drug-likeness (QED) is 0.429. The van der Waals surface area contributed by atoms with Crippen LogP contribution in [0.4, 0.5) is 0 Å². The highest BCUT2D eigenvalue weighted by molar-refractivity contribution is 5.63. The van der Waals surface area contributed by atoms with E-state index in [2.05, 4.69) is 37.5 Å². The zero-order valence-corrected chi connectivity index (χ0v) is 7.76. The van der Waals surface area contributed by atoms with Crippen molar-refractivity contribution < 1.29 is 0 Å². The topological polar surface area (TPSA) is 24.7 Å². The van der Waals surface area contributed by atoms with E-state index in [0.29, 0.717) is 0 Å². The predicted molar refractivity (Wildman–Crippen MR) is 51.3 cm³/mol. The molecule has 0 saturated carbocycles. The van der Waals surface area contributed by atoms with Gasteiger partial charge in [-0.05, 0) is 13.6 Å². The predicted octanol–water partition coefficient (Wildman–Crippen LogP) is 2.67. The van der Waals surface area contributed by atoms with Gasteiger partial charge in [-0.2, -0.15) is 0 Å². The number of allylic oxidation sites excluding steroid dienone is 2. The molecule has 0 aliphatic heterocycles. The maximum atomic E-state index is 4.14. The van der Waals surface area contributed by atoms with Crippen molar-refractivity contribution in [2.24, 2.45) is 15.4 Å². The zero-order valence-electron chi connectivity index (χ0n) is 7.76. The molecule has 2 heteroatoms. The molecule has 0 spiro atoms. The summed E-state index contributed by atoms with van der Waals surface area (Å²) in [5, 5.41) is 0. The molecule has 0 rings (SSSR count). The van der Waals surface area contributed by atoms with Gasteiger partial charge in [0, 0.05) is 11.1 Å². The first-order valence-corrected chi connectivity index (χ1v) is 3.67. The van der Waals surface area contributed by atoms with Gasteiger partial charge in [0.05, 0.1) is 0 Å². The van der Waals surface area contributed by atoms with Crippen LogP contribution in [-0.4, -0.2) is 13.1 Å². The molecule has 2 nitrogen and oxygen atoms in total. The first-order valence-electron chi connectivity index (χ1n) is 3.67.